The molecule has 3 aromatic rings. The van der Waals surface area contributed by atoms with Gasteiger partial charge in [-0.1, -0.05) is 37.3 Å². The summed E-state index contributed by atoms with van der Waals surface area (Å²) >= 11 is 0. The number of benzene rings is 2. The molecule has 0 fully saturated rings. The Morgan fingerprint density at radius 2 is 1.96 bits per heavy atom. The van der Waals surface area contributed by atoms with Gasteiger partial charge < -0.3 is 9.88 Å². The molecule has 4 heteroatoms. The average molecular weight is 307 g/mol. The van der Waals surface area contributed by atoms with Gasteiger partial charge in [0.05, 0.1) is 17.1 Å². The summed E-state index contributed by atoms with van der Waals surface area (Å²) < 4.78 is 2.07. The highest BCUT2D eigenvalue weighted by Crippen LogP contribution is 2.18. The number of nitrogens with one attached hydrogen (secondary N) is 1. The lowest BCUT2D eigenvalue weighted by molar-refractivity contribution is 0.0940. The third-order valence-corrected chi connectivity index (χ3v) is 4.20. The number of amides is 1. The van der Waals surface area contributed by atoms with E-state index >= 15 is 0 Å². The van der Waals surface area contributed by atoms with Crippen LogP contribution in [0.15, 0.2) is 48.5 Å². The zero-order valence-corrected chi connectivity index (χ0v) is 13.7. The van der Waals surface area contributed by atoms with E-state index in [0.717, 1.165) is 28.8 Å². The summed E-state index contributed by atoms with van der Waals surface area (Å²) in [5, 5.41) is 3.04. The summed E-state index contributed by atoms with van der Waals surface area (Å²) in [6.07, 6.45) is 0.873. The van der Waals surface area contributed by atoms with Crippen LogP contribution in [-0.2, 0) is 13.5 Å². The van der Waals surface area contributed by atoms with Crippen LogP contribution in [0.4, 0.5) is 0 Å². The number of aryl methyl sites for hydroxylation is 2. The van der Waals surface area contributed by atoms with Crippen LogP contribution in [-0.4, -0.2) is 15.5 Å². The maximum atomic E-state index is 12.5. The maximum absolute atomic E-state index is 12.5. The Balaban J connectivity index is 1.83. The number of rotatable bonds is 4. The molecule has 0 unspecified atom stereocenters. The van der Waals surface area contributed by atoms with Crippen molar-refractivity contribution in [3.8, 4) is 0 Å². The summed E-state index contributed by atoms with van der Waals surface area (Å²) in [5.41, 5.74) is 3.65. The normalized spacial score (nSPS) is 12.3. The lowest BCUT2D eigenvalue weighted by Crippen LogP contribution is -2.26. The Bertz CT molecular complexity index is 836. The average Bonchev–Trinajstić information content (AvgIpc) is 2.91. The first-order valence-corrected chi connectivity index (χ1v) is 7.91. The molecule has 23 heavy (non-hydrogen) atoms. The van der Waals surface area contributed by atoms with Crippen molar-refractivity contribution in [3.63, 3.8) is 0 Å². The first kappa shape index (κ1) is 15.3. The van der Waals surface area contributed by atoms with Gasteiger partial charge in [-0.2, -0.15) is 0 Å². The quantitative estimate of drug-likeness (QED) is 0.800. The van der Waals surface area contributed by atoms with E-state index in [9.17, 15) is 4.79 Å². The molecule has 118 valence electrons. The second kappa shape index (κ2) is 6.24. The molecule has 1 heterocycles. The van der Waals surface area contributed by atoms with Gasteiger partial charge in [0.15, 0.2) is 0 Å². The SMILES string of the molecule is CCc1nc2cc(C(=O)N[C@@H](C)c3ccccc3)ccc2n1C. The molecule has 1 aromatic heterocycles. The van der Waals surface area contributed by atoms with E-state index in [1.165, 1.54) is 0 Å². The predicted molar refractivity (Wildman–Crippen MR) is 92.4 cm³/mol. The predicted octanol–water partition coefficient (Wildman–Crippen LogP) is 3.63. The number of aromatic nitrogens is 2. The summed E-state index contributed by atoms with van der Waals surface area (Å²) in [6.45, 7) is 4.07. The molecule has 3 rings (SSSR count). The Morgan fingerprint density at radius 3 is 2.65 bits per heavy atom. The number of carbonyl (C=O) groups is 1. The molecule has 0 aliphatic carbocycles. The van der Waals surface area contributed by atoms with Crippen LogP contribution in [0.5, 0.6) is 0 Å². The number of carbonyl (C=O) groups excluding carboxylic acids is 1. The molecular weight excluding hydrogens is 286 g/mol. The van der Waals surface area contributed by atoms with Gasteiger partial charge in [-0.05, 0) is 30.7 Å². The highest BCUT2D eigenvalue weighted by atomic mass is 16.1. The van der Waals surface area contributed by atoms with Gasteiger partial charge in [0.25, 0.3) is 5.91 Å². The van der Waals surface area contributed by atoms with Crippen molar-refractivity contribution in [3.05, 3.63) is 65.5 Å². The molecule has 0 spiro atoms. The van der Waals surface area contributed by atoms with Crippen molar-refractivity contribution in [2.45, 2.75) is 26.3 Å². The van der Waals surface area contributed by atoms with Gasteiger partial charge in [0, 0.05) is 19.0 Å². The lowest BCUT2D eigenvalue weighted by Gasteiger charge is -2.14. The van der Waals surface area contributed by atoms with Crippen LogP contribution in [0, 0.1) is 0 Å². The summed E-state index contributed by atoms with van der Waals surface area (Å²) in [5.74, 6) is 0.946. The minimum absolute atomic E-state index is 0.0330. The minimum Gasteiger partial charge on any atom is -0.346 e. The monoisotopic (exact) mass is 307 g/mol. The van der Waals surface area contributed by atoms with Crippen molar-refractivity contribution in [2.24, 2.45) is 7.05 Å². The standard InChI is InChI=1S/C19H21N3O/c1-4-18-21-16-12-15(10-11-17(16)22(18)3)19(23)20-13(2)14-8-6-5-7-9-14/h5-13H,4H2,1-3H3,(H,20,23)/t13-/m0/s1. The molecule has 0 radical (unpaired) electrons. The Labute approximate surface area is 136 Å². The molecule has 0 aliphatic heterocycles. The first-order chi connectivity index (χ1) is 11.1. The van der Waals surface area contributed by atoms with Gasteiger partial charge in [0.2, 0.25) is 0 Å². The van der Waals surface area contributed by atoms with Crippen LogP contribution in [0.3, 0.4) is 0 Å². The summed E-state index contributed by atoms with van der Waals surface area (Å²) in [6, 6.07) is 15.6. The van der Waals surface area contributed by atoms with Gasteiger partial charge in [-0.3, -0.25) is 4.79 Å². The molecule has 4 nitrogen and oxygen atoms in total. The van der Waals surface area contributed by atoms with Crippen LogP contribution in [0.1, 0.15) is 41.6 Å². The van der Waals surface area contributed by atoms with Gasteiger partial charge in [-0.25, -0.2) is 4.98 Å². The fourth-order valence-electron chi connectivity index (χ4n) is 2.81. The van der Waals surface area contributed by atoms with E-state index < -0.39 is 0 Å². The molecule has 2 aromatic carbocycles. The van der Waals surface area contributed by atoms with Gasteiger partial charge >= 0.3 is 0 Å². The van der Waals surface area contributed by atoms with E-state index in [4.69, 9.17) is 0 Å². The Kier molecular flexibility index (Phi) is 4.15. The van der Waals surface area contributed by atoms with Crippen molar-refractivity contribution in [1.29, 1.82) is 0 Å². The Morgan fingerprint density at radius 1 is 1.22 bits per heavy atom. The van der Waals surface area contributed by atoms with E-state index in [1.807, 2.05) is 62.5 Å². The molecule has 0 saturated carbocycles. The molecular formula is C19H21N3O. The van der Waals surface area contributed by atoms with Crippen molar-refractivity contribution < 1.29 is 4.79 Å². The highest BCUT2D eigenvalue weighted by molar-refractivity contribution is 5.97. The molecule has 0 bridgehead atoms. The second-order valence-corrected chi connectivity index (χ2v) is 5.75. The van der Waals surface area contributed by atoms with Gasteiger partial charge in [0.1, 0.15) is 5.82 Å². The maximum Gasteiger partial charge on any atom is 0.251 e. The zero-order valence-electron chi connectivity index (χ0n) is 13.7. The fourth-order valence-corrected chi connectivity index (χ4v) is 2.81. The second-order valence-electron chi connectivity index (χ2n) is 5.75. The molecule has 1 amide bonds. The van der Waals surface area contributed by atoms with Crippen LogP contribution in [0.25, 0.3) is 11.0 Å². The van der Waals surface area contributed by atoms with Crippen molar-refractivity contribution in [1.82, 2.24) is 14.9 Å². The fraction of sp³-hybridized carbons (Fsp3) is 0.263. The van der Waals surface area contributed by atoms with E-state index in [1.54, 1.807) is 0 Å². The van der Waals surface area contributed by atoms with Crippen molar-refractivity contribution in [2.75, 3.05) is 0 Å². The topological polar surface area (TPSA) is 46.9 Å². The highest BCUT2D eigenvalue weighted by Gasteiger charge is 2.13. The van der Waals surface area contributed by atoms with E-state index in [0.29, 0.717) is 5.56 Å². The van der Waals surface area contributed by atoms with E-state index in [-0.39, 0.29) is 11.9 Å². The third kappa shape index (κ3) is 2.97. The number of fused-ring (bicyclic) bond motifs is 1. The minimum atomic E-state index is -0.0769. The molecule has 1 N–H and O–H groups in total. The van der Waals surface area contributed by atoms with E-state index in [2.05, 4.69) is 21.8 Å². The smallest absolute Gasteiger partial charge is 0.251 e. The number of nitrogens with zero attached hydrogens (tertiary/aromatic N) is 2. The number of hydrogen-bond donors (Lipinski definition) is 1. The lowest BCUT2D eigenvalue weighted by atomic mass is 10.1. The van der Waals surface area contributed by atoms with Crippen LogP contribution >= 0.6 is 0 Å². The van der Waals surface area contributed by atoms with Gasteiger partial charge in [-0.15, -0.1) is 0 Å². The number of hydrogen-bond acceptors (Lipinski definition) is 2. The van der Waals surface area contributed by atoms with Crippen LogP contribution < -0.4 is 5.32 Å². The third-order valence-electron chi connectivity index (χ3n) is 4.20. The summed E-state index contributed by atoms with van der Waals surface area (Å²) in [7, 11) is 2.01. The number of imidazole rings is 1. The van der Waals surface area contributed by atoms with Crippen molar-refractivity contribution >= 4 is 16.9 Å². The molecule has 0 aliphatic rings. The first-order valence-electron chi connectivity index (χ1n) is 7.91. The zero-order chi connectivity index (χ0) is 16.4. The largest absolute Gasteiger partial charge is 0.346 e. The van der Waals surface area contributed by atoms with Crippen LogP contribution in [0.2, 0.25) is 0 Å². The molecule has 1 atom stereocenters. The molecule has 0 saturated heterocycles. The Hall–Kier alpha value is -2.62. The summed E-state index contributed by atoms with van der Waals surface area (Å²) in [4.78, 5) is 17.1.